The number of hydrogen-bond donors (Lipinski definition) is 1. The van der Waals surface area contributed by atoms with Gasteiger partial charge in [-0.3, -0.25) is 0 Å². The molecular weight excluding hydrogens is 234 g/mol. The number of methoxy groups -OCH3 is 2. The normalized spacial score (nSPS) is 10.4. The maximum absolute atomic E-state index is 11.4. The van der Waals surface area contributed by atoms with Crippen molar-refractivity contribution in [1.82, 2.24) is 4.98 Å². The lowest BCUT2D eigenvalue weighted by Crippen LogP contribution is -2.03. The number of carbonyl (C=O) groups excluding carboxylic acids is 1. The van der Waals surface area contributed by atoms with E-state index in [2.05, 4.69) is 9.72 Å². The van der Waals surface area contributed by atoms with Crippen LogP contribution in [0.1, 0.15) is 16.1 Å². The molecule has 18 heavy (non-hydrogen) atoms. The lowest BCUT2D eigenvalue weighted by molar-refractivity contribution is 0.0594. The zero-order chi connectivity index (χ0) is 13.3. The van der Waals surface area contributed by atoms with Gasteiger partial charge in [-0.25, -0.2) is 9.78 Å². The minimum absolute atomic E-state index is 0.0245. The highest BCUT2D eigenvalue weighted by Gasteiger charge is 2.14. The maximum Gasteiger partial charge on any atom is 0.356 e. The van der Waals surface area contributed by atoms with Crippen LogP contribution < -0.4 is 4.74 Å². The number of hydrogen-bond acceptors (Lipinski definition) is 5. The molecule has 0 bridgehead atoms. The summed E-state index contributed by atoms with van der Waals surface area (Å²) in [5, 5.41) is 11.3. The molecule has 0 atom stereocenters. The van der Waals surface area contributed by atoms with Crippen molar-refractivity contribution in [3.63, 3.8) is 0 Å². The van der Waals surface area contributed by atoms with E-state index in [0.717, 1.165) is 5.56 Å². The Balaban J connectivity index is 2.69. The summed E-state index contributed by atoms with van der Waals surface area (Å²) in [5.41, 5.74) is 0.985. The predicted octanol–water partition coefficient (Wildman–Crippen LogP) is 2.04. The van der Waals surface area contributed by atoms with E-state index in [1.165, 1.54) is 20.4 Å². The van der Waals surface area contributed by atoms with E-state index in [-0.39, 0.29) is 11.4 Å². The van der Waals surface area contributed by atoms with Crippen molar-refractivity contribution in [2.75, 3.05) is 14.2 Å². The van der Waals surface area contributed by atoms with Gasteiger partial charge in [-0.2, -0.15) is 0 Å². The van der Waals surface area contributed by atoms with Crippen LogP contribution in [0, 0.1) is 6.92 Å². The number of rotatable bonds is 2. The van der Waals surface area contributed by atoms with Gasteiger partial charge in [-0.05, 0) is 30.0 Å². The van der Waals surface area contributed by atoms with E-state index in [9.17, 15) is 9.90 Å². The molecule has 0 spiro atoms. The van der Waals surface area contributed by atoms with Gasteiger partial charge in [0, 0.05) is 11.6 Å². The molecule has 5 heteroatoms. The molecule has 1 N–H and O–H groups in total. The van der Waals surface area contributed by atoms with Crippen molar-refractivity contribution in [2.45, 2.75) is 6.92 Å². The van der Waals surface area contributed by atoms with Crippen molar-refractivity contribution in [2.24, 2.45) is 0 Å². The third-order valence-corrected chi connectivity index (χ3v) is 2.73. The van der Waals surface area contributed by atoms with Gasteiger partial charge in [-0.1, -0.05) is 0 Å². The second-order valence-electron chi connectivity index (χ2n) is 3.86. The summed E-state index contributed by atoms with van der Waals surface area (Å²) in [6.07, 6.45) is 1.43. The summed E-state index contributed by atoms with van der Waals surface area (Å²) in [7, 11) is 2.79. The predicted molar refractivity (Wildman–Crippen MR) is 66.0 cm³/mol. The summed E-state index contributed by atoms with van der Waals surface area (Å²) in [4.78, 5) is 15.3. The van der Waals surface area contributed by atoms with Crippen LogP contribution in [0.3, 0.4) is 0 Å². The van der Waals surface area contributed by atoms with E-state index in [1.807, 2.05) is 13.0 Å². The standard InChI is InChI=1S/C13H13NO4/c1-7-4-8-5-10(13(16)18-3)14-6-9(8)11(15)12(7)17-2/h4-6,15H,1-3H3. The van der Waals surface area contributed by atoms with Gasteiger partial charge < -0.3 is 14.6 Å². The molecule has 94 valence electrons. The van der Waals surface area contributed by atoms with E-state index in [1.54, 1.807) is 6.07 Å². The Bertz CT molecular complexity index is 622. The zero-order valence-electron chi connectivity index (χ0n) is 10.4. The Morgan fingerprint density at radius 2 is 2.06 bits per heavy atom. The molecule has 2 rings (SSSR count). The third-order valence-electron chi connectivity index (χ3n) is 2.73. The number of fused-ring (bicyclic) bond motifs is 1. The first kappa shape index (κ1) is 12.2. The molecule has 5 nitrogen and oxygen atoms in total. The number of ether oxygens (including phenoxy) is 2. The van der Waals surface area contributed by atoms with Crippen molar-refractivity contribution in [3.8, 4) is 11.5 Å². The summed E-state index contributed by atoms with van der Waals surface area (Å²) < 4.78 is 9.72. The first-order valence-electron chi connectivity index (χ1n) is 5.33. The van der Waals surface area contributed by atoms with Crippen molar-refractivity contribution in [3.05, 3.63) is 29.6 Å². The topological polar surface area (TPSA) is 68.7 Å². The third kappa shape index (κ3) is 1.84. The number of aryl methyl sites for hydroxylation is 1. The van der Waals surface area contributed by atoms with Crippen LogP contribution in [0.5, 0.6) is 11.5 Å². The number of benzene rings is 1. The van der Waals surface area contributed by atoms with Gasteiger partial charge >= 0.3 is 5.97 Å². The summed E-state index contributed by atoms with van der Waals surface area (Å²) >= 11 is 0. The first-order chi connectivity index (χ1) is 8.58. The van der Waals surface area contributed by atoms with Crippen molar-refractivity contribution >= 4 is 16.7 Å². The number of esters is 1. The molecule has 0 amide bonds. The summed E-state index contributed by atoms with van der Waals surface area (Å²) in [5.74, 6) is -0.0728. The zero-order valence-corrected chi connectivity index (χ0v) is 10.4. The Morgan fingerprint density at radius 3 is 2.67 bits per heavy atom. The lowest BCUT2D eigenvalue weighted by Gasteiger charge is -2.10. The molecule has 0 aliphatic carbocycles. The van der Waals surface area contributed by atoms with Crippen LogP contribution in [0.15, 0.2) is 18.3 Å². The first-order valence-corrected chi connectivity index (χ1v) is 5.33. The summed E-state index contributed by atoms with van der Waals surface area (Å²) in [6, 6.07) is 3.40. The highest BCUT2D eigenvalue weighted by atomic mass is 16.5. The molecule has 0 saturated heterocycles. The second-order valence-corrected chi connectivity index (χ2v) is 3.86. The van der Waals surface area contributed by atoms with Crippen LogP contribution in [-0.4, -0.2) is 30.3 Å². The van der Waals surface area contributed by atoms with Crippen molar-refractivity contribution in [1.29, 1.82) is 0 Å². The molecule has 2 aromatic rings. The Morgan fingerprint density at radius 1 is 1.33 bits per heavy atom. The Hall–Kier alpha value is -2.30. The Labute approximate surface area is 104 Å². The minimum Gasteiger partial charge on any atom is -0.504 e. The van der Waals surface area contributed by atoms with E-state index >= 15 is 0 Å². The largest absolute Gasteiger partial charge is 0.504 e. The number of carbonyl (C=O) groups is 1. The molecule has 0 aliphatic rings. The number of phenols is 1. The van der Waals surface area contributed by atoms with E-state index in [0.29, 0.717) is 16.5 Å². The number of aromatic nitrogens is 1. The quantitative estimate of drug-likeness (QED) is 0.822. The highest BCUT2D eigenvalue weighted by molar-refractivity contribution is 5.96. The monoisotopic (exact) mass is 247 g/mol. The fourth-order valence-electron chi connectivity index (χ4n) is 1.87. The van der Waals surface area contributed by atoms with Crippen LogP contribution in [0.2, 0.25) is 0 Å². The van der Waals surface area contributed by atoms with Crippen LogP contribution in [0.25, 0.3) is 10.8 Å². The molecule has 0 fully saturated rings. The fraction of sp³-hybridized carbons (Fsp3) is 0.231. The molecule has 0 unspecified atom stereocenters. The Kier molecular flexibility index (Phi) is 3.06. The van der Waals surface area contributed by atoms with Gasteiger partial charge in [0.1, 0.15) is 5.69 Å². The summed E-state index contributed by atoms with van der Waals surface area (Å²) in [6.45, 7) is 1.82. The van der Waals surface area contributed by atoms with Gasteiger partial charge in [0.15, 0.2) is 11.5 Å². The molecular formula is C13H13NO4. The molecule has 1 aromatic heterocycles. The maximum atomic E-state index is 11.4. The lowest BCUT2D eigenvalue weighted by atomic mass is 10.1. The number of pyridine rings is 1. The smallest absolute Gasteiger partial charge is 0.356 e. The highest BCUT2D eigenvalue weighted by Crippen LogP contribution is 2.37. The molecule has 1 aromatic carbocycles. The van der Waals surface area contributed by atoms with Crippen molar-refractivity contribution < 1.29 is 19.4 Å². The van der Waals surface area contributed by atoms with Crippen LogP contribution in [0.4, 0.5) is 0 Å². The minimum atomic E-state index is -0.509. The van der Waals surface area contributed by atoms with Gasteiger partial charge in [0.2, 0.25) is 0 Å². The molecule has 0 aliphatic heterocycles. The van der Waals surface area contributed by atoms with Gasteiger partial charge in [0.05, 0.1) is 14.2 Å². The molecule has 1 heterocycles. The van der Waals surface area contributed by atoms with E-state index < -0.39 is 5.97 Å². The average molecular weight is 247 g/mol. The van der Waals surface area contributed by atoms with Crippen LogP contribution >= 0.6 is 0 Å². The number of phenolic OH excluding ortho intramolecular Hbond substituents is 1. The van der Waals surface area contributed by atoms with Gasteiger partial charge in [0.25, 0.3) is 0 Å². The average Bonchev–Trinajstić information content (AvgIpc) is 2.37. The molecule has 0 saturated carbocycles. The second kappa shape index (κ2) is 4.52. The van der Waals surface area contributed by atoms with Crippen LogP contribution in [-0.2, 0) is 4.74 Å². The molecule has 0 radical (unpaired) electrons. The SMILES string of the molecule is COC(=O)c1cc2cc(C)c(OC)c(O)c2cn1. The van der Waals surface area contributed by atoms with E-state index in [4.69, 9.17) is 4.74 Å². The number of aromatic hydroxyl groups is 1. The number of nitrogens with zero attached hydrogens (tertiary/aromatic N) is 1. The fourth-order valence-corrected chi connectivity index (χ4v) is 1.87. The van der Waals surface area contributed by atoms with Gasteiger partial charge in [-0.15, -0.1) is 0 Å².